The number of nitrogens with one attached hydrogen (secondary N) is 2. The van der Waals surface area contributed by atoms with E-state index in [0.717, 1.165) is 51.6 Å². The molecule has 0 radical (unpaired) electrons. The molecule has 1 heterocycles. The van der Waals surface area contributed by atoms with Gasteiger partial charge in [-0.3, -0.25) is 0 Å². The van der Waals surface area contributed by atoms with Crippen molar-refractivity contribution in [1.82, 2.24) is 9.97 Å². The number of nitriles is 1. The highest BCUT2D eigenvalue weighted by Gasteiger charge is 2.30. The molecule has 3 rings (SSSR count). The predicted octanol–water partition coefficient (Wildman–Crippen LogP) is 3.21. The van der Waals surface area contributed by atoms with Crippen LogP contribution < -0.4 is 10.6 Å². The minimum Gasteiger partial charge on any atom is -0.390 e. The maximum absolute atomic E-state index is 10.3. The SMILES string of the molecule is CCOC1CCC(Nc2ncc(C#N)c(NC3CCCC(C)(O)C3)n2)CC1. The van der Waals surface area contributed by atoms with Gasteiger partial charge in [-0.15, -0.1) is 0 Å². The van der Waals surface area contributed by atoms with Crippen molar-refractivity contribution in [1.29, 1.82) is 5.26 Å². The van der Waals surface area contributed by atoms with Crippen LogP contribution >= 0.6 is 0 Å². The number of aromatic nitrogens is 2. The summed E-state index contributed by atoms with van der Waals surface area (Å²) in [7, 11) is 0. The topological polar surface area (TPSA) is 103 Å². The Bertz CT molecular complexity index is 665. The van der Waals surface area contributed by atoms with E-state index in [1.54, 1.807) is 6.20 Å². The molecule has 2 aliphatic carbocycles. The molecule has 0 amide bonds. The molecule has 3 N–H and O–H groups in total. The number of anilines is 2. The highest BCUT2D eigenvalue weighted by atomic mass is 16.5. The summed E-state index contributed by atoms with van der Waals surface area (Å²) < 4.78 is 5.71. The number of ether oxygens (including phenoxy) is 1. The van der Waals surface area contributed by atoms with Crippen molar-refractivity contribution in [2.24, 2.45) is 0 Å². The second kappa shape index (κ2) is 8.85. The zero-order valence-electron chi connectivity index (χ0n) is 16.4. The van der Waals surface area contributed by atoms with E-state index in [-0.39, 0.29) is 6.04 Å². The molecule has 1 aromatic heterocycles. The third-order valence-corrected chi connectivity index (χ3v) is 5.61. The molecule has 0 aliphatic heterocycles. The Hall–Kier alpha value is -1.91. The monoisotopic (exact) mass is 373 g/mol. The van der Waals surface area contributed by atoms with Gasteiger partial charge in [0.15, 0.2) is 0 Å². The summed E-state index contributed by atoms with van der Waals surface area (Å²) in [5.41, 5.74) is -0.221. The lowest BCUT2D eigenvalue weighted by atomic mass is 9.83. The number of hydrogen-bond donors (Lipinski definition) is 3. The average molecular weight is 374 g/mol. The molecule has 0 aromatic carbocycles. The first-order valence-corrected chi connectivity index (χ1v) is 10.1. The number of aliphatic hydroxyl groups is 1. The predicted molar refractivity (Wildman–Crippen MR) is 105 cm³/mol. The van der Waals surface area contributed by atoms with E-state index in [2.05, 4.69) is 26.7 Å². The molecule has 0 spiro atoms. The Morgan fingerprint density at radius 3 is 2.70 bits per heavy atom. The molecule has 0 saturated heterocycles. The fraction of sp³-hybridized carbons (Fsp3) is 0.750. The zero-order valence-corrected chi connectivity index (χ0v) is 16.4. The quantitative estimate of drug-likeness (QED) is 0.703. The van der Waals surface area contributed by atoms with Crippen molar-refractivity contribution < 1.29 is 9.84 Å². The van der Waals surface area contributed by atoms with E-state index in [1.807, 2.05) is 13.8 Å². The van der Waals surface area contributed by atoms with Gasteiger partial charge in [-0.1, -0.05) is 0 Å². The van der Waals surface area contributed by atoms with E-state index >= 15 is 0 Å². The van der Waals surface area contributed by atoms with E-state index in [0.29, 0.717) is 35.9 Å². The molecule has 0 bridgehead atoms. The Kier molecular flexibility index (Phi) is 6.51. The van der Waals surface area contributed by atoms with Gasteiger partial charge in [0, 0.05) is 18.7 Å². The van der Waals surface area contributed by atoms with Gasteiger partial charge in [0.05, 0.1) is 17.9 Å². The van der Waals surface area contributed by atoms with Crippen molar-refractivity contribution in [3.05, 3.63) is 11.8 Å². The van der Waals surface area contributed by atoms with Gasteiger partial charge in [0.2, 0.25) is 5.95 Å². The molecule has 2 aliphatic rings. The lowest BCUT2D eigenvalue weighted by Gasteiger charge is -2.34. The minimum atomic E-state index is -0.657. The van der Waals surface area contributed by atoms with Crippen LogP contribution in [0.15, 0.2) is 6.20 Å². The van der Waals surface area contributed by atoms with Crippen LogP contribution in [0.5, 0.6) is 0 Å². The second-order valence-electron chi connectivity index (χ2n) is 8.08. The van der Waals surface area contributed by atoms with Crippen LogP contribution in [0.25, 0.3) is 0 Å². The summed E-state index contributed by atoms with van der Waals surface area (Å²) in [5.74, 6) is 1.11. The van der Waals surface area contributed by atoms with Crippen molar-refractivity contribution in [3.8, 4) is 6.07 Å². The molecule has 1 aromatic rings. The third-order valence-electron chi connectivity index (χ3n) is 5.61. The summed E-state index contributed by atoms with van der Waals surface area (Å²) in [6.45, 7) is 4.68. The van der Waals surface area contributed by atoms with Crippen LogP contribution in [-0.2, 0) is 4.74 Å². The normalized spacial score (nSPS) is 31.1. The van der Waals surface area contributed by atoms with E-state index in [9.17, 15) is 10.4 Å². The number of hydrogen-bond acceptors (Lipinski definition) is 7. The molecule has 7 heteroatoms. The molecule has 27 heavy (non-hydrogen) atoms. The van der Waals surface area contributed by atoms with Crippen LogP contribution in [0, 0.1) is 11.3 Å². The number of rotatable bonds is 6. The summed E-state index contributed by atoms with van der Waals surface area (Å²) in [4.78, 5) is 8.88. The molecule has 2 atom stereocenters. The van der Waals surface area contributed by atoms with Crippen molar-refractivity contribution in [3.63, 3.8) is 0 Å². The van der Waals surface area contributed by atoms with Gasteiger partial charge in [-0.25, -0.2) is 4.98 Å². The molecule has 7 nitrogen and oxygen atoms in total. The fourth-order valence-electron chi connectivity index (χ4n) is 4.22. The Labute approximate surface area is 161 Å². The minimum absolute atomic E-state index is 0.116. The van der Waals surface area contributed by atoms with Gasteiger partial charge in [-0.05, 0) is 65.2 Å². The maximum atomic E-state index is 10.3. The van der Waals surface area contributed by atoms with Crippen LogP contribution in [0.1, 0.15) is 70.8 Å². The lowest BCUT2D eigenvalue weighted by molar-refractivity contribution is 0.0182. The summed E-state index contributed by atoms with van der Waals surface area (Å²) in [6.07, 6.45) is 9.50. The number of nitrogens with zero attached hydrogens (tertiary/aromatic N) is 3. The lowest BCUT2D eigenvalue weighted by Crippen LogP contribution is -2.38. The average Bonchev–Trinajstić information content (AvgIpc) is 2.63. The van der Waals surface area contributed by atoms with E-state index in [1.165, 1.54) is 0 Å². The van der Waals surface area contributed by atoms with Gasteiger partial charge in [0.1, 0.15) is 17.5 Å². The maximum Gasteiger partial charge on any atom is 0.224 e. The fourth-order valence-corrected chi connectivity index (χ4v) is 4.22. The van der Waals surface area contributed by atoms with Crippen LogP contribution in [0.3, 0.4) is 0 Å². The smallest absolute Gasteiger partial charge is 0.224 e. The van der Waals surface area contributed by atoms with E-state index < -0.39 is 5.60 Å². The van der Waals surface area contributed by atoms with Gasteiger partial charge in [-0.2, -0.15) is 10.2 Å². The molecular formula is C20H31N5O2. The first-order valence-electron chi connectivity index (χ1n) is 10.1. The summed E-state index contributed by atoms with van der Waals surface area (Å²) in [6, 6.07) is 2.61. The summed E-state index contributed by atoms with van der Waals surface area (Å²) in [5, 5.41) is 26.5. The third kappa shape index (κ3) is 5.53. The van der Waals surface area contributed by atoms with Crippen LogP contribution in [-0.4, -0.2) is 45.5 Å². The second-order valence-corrected chi connectivity index (χ2v) is 8.08. The zero-order chi connectivity index (χ0) is 19.3. The summed E-state index contributed by atoms with van der Waals surface area (Å²) >= 11 is 0. The standard InChI is InChI=1S/C20H31N5O2/c1-3-27-17-8-6-15(7-9-17)24-19-22-13-14(12-21)18(25-19)23-16-5-4-10-20(2,26)11-16/h13,15-17,26H,3-11H2,1-2H3,(H2,22,23,24,25). The molecule has 2 fully saturated rings. The largest absolute Gasteiger partial charge is 0.390 e. The van der Waals surface area contributed by atoms with Crippen molar-refractivity contribution >= 4 is 11.8 Å². The van der Waals surface area contributed by atoms with Gasteiger partial charge < -0.3 is 20.5 Å². The van der Waals surface area contributed by atoms with Crippen molar-refractivity contribution in [2.45, 2.75) is 89.0 Å². The first-order chi connectivity index (χ1) is 13.0. The molecule has 148 valence electrons. The van der Waals surface area contributed by atoms with Gasteiger partial charge in [0.25, 0.3) is 0 Å². The Morgan fingerprint density at radius 1 is 1.26 bits per heavy atom. The van der Waals surface area contributed by atoms with E-state index in [4.69, 9.17) is 4.74 Å². The highest BCUT2D eigenvalue weighted by molar-refractivity contribution is 5.54. The van der Waals surface area contributed by atoms with Gasteiger partial charge >= 0.3 is 0 Å². The van der Waals surface area contributed by atoms with Crippen molar-refractivity contribution in [2.75, 3.05) is 17.2 Å². The molecular weight excluding hydrogens is 342 g/mol. The Balaban J connectivity index is 1.63. The Morgan fingerprint density at radius 2 is 2.04 bits per heavy atom. The molecule has 2 unspecified atom stereocenters. The van der Waals surface area contributed by atoms with Crippen LogP contribution in [0.2, 0.25) is 0 Å². The van der Waals surface area contributed by atoms with Crippen LogP contribution in [0.4, 0.5) is 11.8 Å². The highest BCUT2D eigenvalue weighted by Crippen LogP contribution is 2.30. The first kappa shape index (κ1) is 19.8. The molecule has 2 saturated carbocycles.